The van der Waals surface area contributed by atoms with Gasteiger partial charge in [0.1, 0.15) is 24.4 Å². The summed E-state index contributed by atoms with van der Waals surface area (Å²) in [4.78, 5) is 13.2. The van der Waals surface area contributed by atoms with Crippen molar-refractivity contribution in [3.05, 3.63) is 48.6 Å². The molecule has 3 aliphatic heterocycles. The standard InChI is InChI=1S/C32H50O10/c1-8-9-10-11-12-13-14-23-15-20(2)16-24(36-5)17-25-21(3)26(18-32(35,42-25)19-27(33)40-23)41-31-30(38-7)29(37-6)28(34)22(4)39-31/h8,11-14,16,21-26,28-31,34-35H,1,9-10,15,17-19H2,2-7H3/b12-11+,14-13+,20-16+/t21-,22+,23?,24-,25+,26?,28+,29-,30-,31+,32+/m1/s1. The third-order valence-corrected chi connectivity index (χ3v) is 8.25. The van der Waals surface area contributed by atoms with E-state index in [9.17, 15) is 15.0 Å². The Morgan fingerprint density at radius 3 is 2.52 bits per heavy atom. The number of methoxy groups -OCH3 is 3. The minimum absolute atomic E-state index is 0.00368. The van der Waals surface area contributed by atoms with Crippen molar-refractivity contribution in [3.63, 3.8) is 0 Å². The zero-order chi connectivity index (χ0) is 30.9. The van der Waals surface area contributed by atoms with Gasteiger partial charge in [-0.2, -0.15) is 0 Å². The van der Waals surface area contributed by atoms with Gasteiger partial charge in [-0.15, -0.1) is 6.58 Å². The zero-order valence-corrected chi connectivity index (χ0v) is 25.8. The molecule has 2 fully saturated rings. The van der Waals surface area contributed by atoms with Gasteiger partial charge in [0.15, 0.2) is 12.1 Å². The van der Waals surface area contributed by atoms with Crippen LogP contribution in [-0.4, -0.2) is 98.4 Å². The first kappa shape index (κ1) is 34.6. The number of aliphatic hydroxyl groups is 2. The summed E-state index contributed by atoms with van der Waals surface area (Å²) < 4.78 is 41.4. The first-order chi connectivity index (χ1) is 20.0. The lowest BCUT2D eigenvalue weighted by Gasteiger charge is -2.48. The van der Waals surface area contributed by atoms with E-state index >= 15 is 0 Å². The van der Waals surface area contributed by atoms with E-state index < -0.39 is 60.8 Å². The molecule has 0 spiro atoms. The number of ether oxygens (including phenoxy) is 7. The lowest BCUT2D eigenvalue weighted by atomic mass is 9.84. The Hall–Kier alpha value is -1.89. The molecule has 0 aromatic rings. The molecule has 42 heavy (non-hydrogen) atoms. The fourth-order valence-corrected chi connectivity index (χ4v) is 5.84. The van der Waals surface area contributed by atoms with Gasteiger partial charge in [-0.25, -0.2) is 0 Å². The number of aliphatic hydroxyl groups excluding tert-OH is 1. The number of unbranched alkanes of at least 4 members (excludes halogenated alkanes) is 1. The van der Waals surface area contributed by atoms with Crippen LogP contribution < -0.4 is 0 Å². The number of esters is 1. The van der Waals surface area contributed by atoms with Gasteiger partial charge in [-0.05, 0) is 32.8 Å². The second-order valence-corrected chi connectivity index (χ2v) is 11.6. The fraction of sp³-hybridized carbons (Fsp3) is 0.719. The summed E-state index contributed by atoms with van der Waals surface area (Å²) in [7, 11) is 4.63. The number of carbonyl (C=O) groups is 1. The molecule has 2 saturated heterocycles. The molecule has 238 valence electrons. The van der Waals surface area contributed by atoms with E-state index in [1.54, 1.807) is 14.0 Å². The molecule has 0 aromatic heterocycles. The smallest absolute Gasteiger partial charge is 0.311 e. The van der Waals surface area contributed by atoms with Crippen LogP contribution in [0.25, 0.3) is 0 Å². The molecule has 2 bridgehead atoms. The number of allylic oxidation sites excluding steroid dienone is 4. The molecular weight excluding hydrogens is 544 g/mol. The van der Waals surface area contributed by atoms with Crippen molar-refractivity contribution < 1.29 is 48.2 Å². The summed E-state index contributed by atoms with van der Waals surface area (Å²) in [5, 5.41) is 22.2. The van der Waals surface area contributed by atoms with Crippen LogP contribution in [-0.2, 0) is 38.0 Å². The van der Waals surface area contributed by atoms with Crippen LogP contribution in [0.4, 0.5) is 0 Å². The molecule has 10 nitrogen and oxygen atoms in total. The van der Waals surface area contributed by atoms with E-state index in [4.69, 9.17) is 33.2 Å². The average molecular weight is 595 g/mol. The van der Waals surface area contributed by atoms with E-state index in [0.29, 0.717) is 12.8 Å². The van der Waals surface area contributed by atoms with Crippen molar-refractivity contribution in [2.75, 3.05) is 21.3 Å². The largest absolute Gasteiger partial charge is 0.458 e. The van der Waals surface area contributed by atoms with Gasteiger partial charge in [0.25, 0.3) is 0 Å². The molecule has 2 N–H and O–H groups in total. The molecule has 3 aliphatic rings. The Kier molecular flexibility index (Phi) is 13.4. The quantitative estimate of drug-likeness (QED) is 0.167. The van der Waals surface area contributed by atoms with Crippen molar-refractivity contribution in [1.29, 1.82) is 0 Å². The van der Waals surface area contributed by atoms with E-state index in [0.717, 1.165) is 18.4 Å². The second kappa shape index (κ2) is 16.3. The van der Waals surface area contributed by atoms with Crippen LogP contribution in [0, 0.1) is 5.92 Å². The normalized spacial score (nSPS) is 41.5. The van der Waals surface area contributed by atoms with E-state index in [1.165, 1.54) is 14.2 Å². The highest BCUT2D eigenvalue weighted by Gasteiger charge is 2.51. The highest BCUT2D eigenvalue weighted by atomic mass is 16.7. The van der Waals surface area contributed by atoms with Crippen molar-refractivity contribution in [1.82, 2.24) is 0 Å². The van der Waals surface area contributed by atoms with E-state index in [1.807, 2.05) is 50.3 Å². The first-order valence-corrected chi connectivity index (χ1v) is 14.8. The molecule has 3 rings (SSSR count). The van der Waals surface area contributed by atoms with Gasteiger partial charge in [-0.3, -0.25) is 4.79 Å². The highest BCUT2D eigenvalue weighted by molar-refractivity contribution is 5.71. The summed E-state index contributed by atoms with van der Waals surface area (Å²) >= 11 is 0. The van der Waals surface area contributed by atoms with Crippen LogP contribution in [0.2, 0.25) is 0 Å². The topological polar surface area (TPSA) is 122 Å². The lowest BCUT2D eigenvalue weighted by Crippen LogP contribution is -2.61. The lowest BCUT2D eigenvalue weighted by molar-refractivity contribution is -0.347. The molecular formula is C32H50O10. The maximum Gasteiger partial charge on any atom is 0.311 e. The van der Waals surface area contributed by atoms with Gasteiger partial charge >= 0.3 is 5.97 Å². The molecule has 0 saturated carbocycles. The van der Waals surface area contributed by atoms with Gasteiger partial charge in [0, 0.05) is 46.5 Å². The highest BCUT2D eigenvalue weighted by Crippen LogP contribution is 2.40. The average Bonchev–Trinajstić information content (AvgIpc) is 2.93. The number of carbonyl (C=O) groups excluding carboxylic acids is 1. The third kappa shape index (κ3) is 9.30. The van der Waals surface area contributed by atoms with Gasteiger partial charge in [0.2, 0.25) is 0 Å². The number of rotatable bonds is 10. The number of cyclic esters (lactones) is 1. The van der Waals surface area contributed by atoms with Crippen LogP contribution in [0.3, 0.4) is 0 Å². The van der Waals surface area contributed by atoms with Crippen LogP contribution in [0.15, 0.2) is 48.6 Å². The SMILES string of the molecule is C=CCC/C=C/C=C/C1C/C(C)=C/[C@@H](OC)C[C@@H]2O[C@](O)(CC(=O)O1)CC(O[C@@H]1O[C@@H](C)[C@H](O)[C@@H](OC)[C@H]1OC)[C@@H]2C. The van der Waals surface area contributed by atoms with Crippen LogP contribution in [0.1, 0.15) is 59.3 Å². The Morgan fingerprint density at radius 2 is 1.86 bits per heavy atom. The molecule has 0 aliphatic carbocycles. The van der Waals surface area contributed by atoms with Gasteiger partial charge < -0.3 is 43.4 Å². The van der Waals surface area contributed by atoms with Crippen molar-refractivity contribution in [2.45, 2.75) is 120 Å². The molecule has 0 aromatic carbocycles. The molecule has 10 heteroatoms. The van der Waals surface area contributed by atoms with Crippen molar-refractivity contribution >= 4 is 5.97 Å². The Morgan fingerprint density at radius 1 is 1.12 bits per heavy atom. The number of hydrogen-bond acceptors (Lipinski definition) is 10. The minimum Gasteiger partial charge on any atom is -0.458 e. The molecule has 0 amide bonds. The monoisotopic (exact) mass is 594 g/mol. The van der Waals surface area contributed by atoms with Gasteiger partial charge in [0.05, 0.1) is 30.8 Å². The van der Waals surface area contributed by atoms with E-state index in [-0.39, 0.29) is 24.9 Å². The number of fused-ring (bicyclic) bond motifs is 2. The van der Waals surface area contributed by atoms with Gasteiger partial charge in [-0.1, -0.05) is 42.9 Å². The van der Waals surface area contributed by atoms with Crippen molar-refractivity contribution in [3.8, 4) is 0 Å². The molecule has 0 radical (unpaired) electrons. The fourth-order valence-electron chi connectivity index (χ4n) is 5.84. The third-order valence-electron chi connectivity index (χ3n) is 8.25. The summed E-state index contributed by atoms with van der Waals surface area (Å²) in [5.74, 6) is -2.62. The Bertz CT molecular complexity index is 963. The molecule has 2 unspecified atom stereocenters. The minimum atomic E-state index is -1.84. The second-order valence-electron chi connectivity index (χ2n) is 11.6. The summed E-state index contributed by atoms with van der Waals surface area (Å²) in [6.45, 7) is 9.42. The van der Waals surface area contributed by atoms with Crippen LogP contribution in [0.5, 0.6) is 0 Å². The summed E-state index contributed by atoms with van der Waals surface area (Å²) in [6.07, 6.45) is 8.20. The summed E-state index contributed by atoms with van der Waals surface area (Å²) in [5.41, 5.74) is 1.00. The number of hydrogen-bond donors (Lipinski definition) is 2. The Balaban J connectivity index is 1.85. The molecule has 3 heterocycles. The predicted octanol–water partition coefficient (Wildman–Crippen LogP) is 3.76. The Labute approximate surface area is 250 Å². The predicted molar refractivity (Wildman–Crippen MR) is 156 cm³/mol. The summed E-state index contributed by atoms with van der Waals surface area (Å²) in [6, 6.07) is 0. The first-order valence-electron chi connectivity index (χ1n) is 14.8. The van der Waals surface area contributed by atoms with Crippen molar-refractivity contribution in [2.24, 2.45) is 5.92 Å². The molecule has 11 atom stereocenters. The zero-order valence-electron chi connectivity index (χ0n) is 25.8. The van der Waals surface area contributed by atoms with E-state index in [2.05, 4.69) is 6.58 Å². The maximum atomic E-state index is 13.2. The van der Waals surface area contributed by atoms with Crippen LogP contribution >= 0.6 is 0 Å². The maximum absolute atomic E-state index is 13.2.